The standard InChI is InChI=1S/C28H32N2O5/c1-33-25-16-22(17-26(34-2)27(25)35-19-20-8-4-3-5-9-20)24(18-23-10-6-7-13-29-23)30-14-11-21(12-15-30)28(31)32/h3-10,13,16-17,21,24H,11-12,14-15,18-19H2,1-2H3,(H,31,32). The van der Waals surface area contributed by atoms with Crippen LogP contribution in [0.3, 0.4) is 0 Å². The second-order valence-electron chi connectivity index (χ2n) is 8.72. The molecule has 0 spiro atoms. The normalized spacial score (nSPS) is 15.4. The molecule has 1 atom stereocenters. The summed E-state index contributed by atoms with van der Waals surface area (Å²) in [5.41, 5.74) is 3.04. The maximum Gasteiger partial charge on any atom is 0.306 e. The Morgan fingerprint density at radius 1 is 1.03 bits per heavy atom. The van der Waals surface area contributed by atoms with Crippen molar-refractivity contribution in [2.75, 3.05) is 27.3 Å². The van der Waals surface area contributed by atoms with Crippen molar-refractivity contribution >= 4 is 5.97 Å². The number of aliphatic carboxylic acids is 1. The number of piperidine rings is 1. The fourth-order valence-electron chi connectivity index (χ4n) is 4.60. The molecule has 2 heterocycles. The third-order valence-electron chi connectivity index (χ3n) is 6.54. The average Bonchev–Trinajstić information content (AvgIpc) is 2.91. The molecule has 1 unspecified atom stereocenters. The van der Waals surface area contributed by atoms with Crippen LogP contribution >= 0.6 is 0 Å². The monoisotopic (exact) mass is 476 g/mol. The first-order valence-corrected chi connectivity index (χ1v) is 11.9. The smallest absolute Gasteiger partial charge is 0.306 e. The van der Waals surface area contributed by atoms with Gasteiger partial charge >= 0.3 is 5.97 Å². The van der Waals surface area contributed by atoms with Gasteiger partial charge in [0.15, 0.2) is 11.5 Å². The summed E-state index contributed by atoms with van der Waals surface area (Å²) in [7, 11) is 3.25. The Kier molecular flexibility index (Phi) is 8.21. The second kappa shape index (κ2) is 11.7. The van der Waals surface area contributed by atoms with Crippen molar-refractivity contribution in [2.45, 2.75) is 31.9 Å². The van der Waals surface area contributed by atoms with Gasteiger partial charge in [-0.2, -0.15) is 0 Å². The van der Waals surface area contributed by atoms with E-state index in [2.05, 4.69) is 9.88 Å². The van der Waals surface area contributed by atoms with Crippen molar-refractivity contribution in [1.29, 1.82) is 0 Å². The number of methoxy groups -OCH3 is 2. The number of ether oxygens (including phenoxy) is 3. The van der Waals surface area contributed by atoms with Crippen molar-refractivity contribution in [2.24, 2.45) is 5.92 Å². The van der Waals surface area contributed by atoms with Crippen LogP contribution in [0, 0.1) is 5.92 Å². The lowest BCUT2D eigenvalue weighted by Gasteiger charge is -2.37. The highest BCUT2D eigenvalue weighted by molar-refractivity contribution is 5.70. The van der Waals surface area contributed by atoms with E-state index in [0.29, 0.717) is 56.2 Å². The summed E-state index contributed by atoms with van der Waals surface area (Å²) in [5.74, 6) is 0.751. The van der Waals surface area contributed by atoms with E-state index in [1.165, 1.54) is 0 Å². The second-order valence-corrected chi connectivity index (χ2v) is 8.72. The Morgan fingerprint density at radius 2 is 1.69 bits per heavy atom. The van der Waals surface area contributed by atoms with Crippen molar-refractivity contribution in [3.05, 3.63) is 83.7 Å². The molecule has 4 rings (SSSR count). The lowest BCUT2D eigenvalue weighted by atomic mass is 9.92. The predicted octanol–water partition coefficient (Wildman–Crippen LogP) is 4.76. The zero-order valence-corrected chi connectivity index (χ0v) is 20.2. The van der Waals surface area contributed by atoms with E-state index < -0.39 is 5.97 Å². The van der Waals surface area contributed by atoms with E-state index in [4.69, 9.17) is 14.2 Å². The van der Waals surface area contributed by atoms with Gasteiger partial charge < -0.3 is 19.3 Å². The van der Waals surface area contributed by atoms with Crippen LogP contribution in [0.15, 0.2) is 66.9 Å². The molecule has 184 valence electrons. The van der Waals surface area contributed by atoms with Gasteiger partial charge in [-0.25, -0.2) is 0 Å². The number of benzene rings is 2. The van der Waals surface area contributed by atoms with E-state index in [0.717, 1.165) is 16.8 Å². The molecule has 3 aromatic rings. The van der Waals surface area contributed by atoms with Gasteiger partial charge in [-0.3, -0.25) is 14.7 Å². The van der Waals surface area contributed by atoms with Gasteiger partial charge in [-0.1, -0.05) is 36.4 Å². The van der Waals surface area contributed by atoms with Crippen molar-refractivity contribution in [1.82, 2.24) is 9.88 Å². The first kappa shape index (κ1) is 24.5. The van der Waals surface area contributed by atoms with E-state index in [-0.39, 0.29) is 12.0 Å². The summed E-state index contributed by atoms with van der Waals surface area (Å²) in [6.45, 7) is 1.80. The number of carbonyl (C=O) groups is 1. The highest BCUT2D eigenvalue weighted by Gasteiger charge is 2.31. The van der Waals surface area contributed by atoms with E-state index >= 15 is 0 Å². The Balaban J connectivity index is 1.64. The number of pyridine rings is 1. The molecule has 1 aliphatic rings. The number of hydrogen-bond acceptors (Lipinski definition) is 6. The molecule has 2 aromatic carbocycles. The molecular weight excluding hydrogens is 444 g/mol. The third kappa shape index (κ3) is 6.11. The highest BCUT2D eigenvalue weighted by Crippen LogP contribution is 2.42. The van der Waals surface area contributed by atoms with Gasteiger partial charge in [0.2, 0.25) is 5.75 Å². The summed E-state index contributed by atoms with van der Waals surface area (Å²) in [6, 6.07) is 19.8. The third-order valence-corrected chi connectivity index (χ3v) is 6.54. The molecule has 1 fully saturated rings. The zero-order chi connectivity index (χ0) is 24.6. The first-order chi connectivity index (χ1) is 17.1. The molecule has 0 saturated carbocycles. The molecule has 0 radical (unpaired) electrons. The lowest BCUT2D eigenvalue weighted by molar-refractivity contribution is -0.143. The highest BCUT2D eigenvalue weighted by atomic mass is 16.5. The minimum Gasteiger partial charge on any atom is -0.493 e. The van der Waals surface area contributed by atoms with Gasteiger partial charge in [0.25, 0.3) is 0 Å². The molecule has 35 heavy (non-hydrogen) atoms. The number of carboxylic acids is 1. The number of nitrogens with zero attached hydrogens (tertiary/aromatic N) is 2. The van der Waals surface area contributed by atoms with Crippen molar-refractivity contribution in [3.63, 3.8) is 0 Å². The fourth-order valence-corrected chi connectivity index (χ4v) is 4.60. The molecule has 0 bridgehead atoms. The first-order valence-electron chi connectivity index (χ1n) is 11.9. The SMILES string of the molecule is COc1cc(C(Cc2ccccn2)N2CCC(C(=O)O)CC2)cc(OC)c1OCc1ccccc1. The topological polar surface area (TPSA) is 81.1 Å². The van der Waals surface area contributed by atoms with Crippen LogP contribution in [-0.4, -0.2) is 48.3 Å². The van der Waals surface area contributed by atoms with E-state index in [1.54, 1.807) is 20.4 Å². The Labute approximate surface area is 206 Å². The average molecular weight is 477 g/mol. The summed E-state index contributed by atoms with van der Waals surface area (Å²) in [6.07, 6.45) is 3.74. The lowest BCUT2D eigenvalue weighted by Crippen LogP contribution is -2.39. The van der Waals surface area contributed by atoms with Crippen LogP contribution in [0.1, 0.15) is 35.7 Å². The van der Waals surface area contributed by atoms with Crippen molar-refractivity contribution < 1.29 is 24.1 Å². The predicted molar refractivity (Wildman–Crippen MR) is 133 cm³/mol. The van der Waals surface area contributed by atoms with Gasteiger partial charge in [-0.05, 0) is 61.3 Å². The van der Waals surface area contributed by atoms with E-state index in [1.807, 2.05) is 60.7 Å². The summed E-state index contributed by atoms with van der Waals surface area (Å²) < 4.78 is 17.6. The Bertz CT molecular complexity index is 1070. The quantitative estimate of drug-likeness (QED) is 0.452. The number of hydrogen-bond donors (Lipinski definition) is 1. The Morgan fingerprint density at radius 3 is 2.26 bits per heavy atom. The van der Waals surface area contributed by atoms with Gasteiger partial charge in [0, 0.05) is 24.4 Å². The number of carboxylic acid groups (broad SMARTS) is 1. The van der Waals surface area contributed by atoms with E-state index in [9.17, 15) is 9.90 Å². The molecule has 1 N–H and O–H groups in total. The Hall–Kier alpha value is -3.58. The molecule has 0 amide bonds. The largest absolute Gasteiger partial charge is 0.493 e. The maximum absolute atomic E-state index is 11.5. The zero-order valence-electron chi connectivity index (χ0n) is 20.2. The molecule has 1 saturated heterocycles. The van der Waals surface area contributed by atoms with Gasteiger partial charge in [-0.15, -0.1) is 0 Å². The molecule has 7 nitrogen and oxygen atoms in total. The van der Waals surface area contributed by atoms with Gasteiger partial charge in [0.1, 0.15) is 6.61 Å². The summed E-state index contributed by atoms with van der Waals surface area (Å²) >= 11 is 0. The fraction of sp³-hybridized carbons (Fsp3) is 0.357. The number of likely N-dealkylation sites (tertiary alicyclic amines) is 1. The van der Waals surface area contributed by atoms with Crippen LogP contribution in [0.4, 0.5) is 0 Å². The summed E-state index contributed by atoms with van der Waals surface area (Å²) in [5, 5.41) is 9.44. The van der Waals surface area contributed by atoms with Crippen LogP contribution < -0.4 is 14.2 Å². The minimum atomic E-state index is -0.714. The van der Waals surface area contributed by atoms with Crippen LogP contribution in [0.25, 0.3) is 0 Å². The minimum absolute atomic E-state index is 0.00869. The van der Waals surface area contributed by atoms with Gasteiger partial charge in [0.05, 0.1) is 20.1 Å². The maximum atomic E-state index is 11.5. The molecular formula is C28H32N2O5. The molecule has 7 heteroatoms. The molecule has 0 aliphatic carbocycles. The van der Waals surface area contributed by atoms with Crippen LogP contribution in [0.5, 0.6) is 17.2 Å². The van der Waals surface area contributed by atoms with Crippen LogP contribution in [0.2, 0.25) is 0 Å². The summed E-state index contributed by atoms with van der Waals surface area (Å²) in [4.78, 5) is 18.4. The van der Waals surface area contributed by atoms with Crippen LogP contribution in [-0.2, 0) is 17.8 Å². The molecule has 1 aliphatic heterocycles. The van der Waals surface area contributed by atoms with Crippen molar-refractivity contribution in [3.8, 4) is 17.2 Å². The number of rotatable bonds is 10. The molecule has 1 aromatic heterocycles. The number of aromatic nitrogens is 1.